The van der Waals surface area contributed by atoms with E-state index in [1.54, 1.807) is 29.7 Å². The van der Waals surface area contributed by atoms with Gasteiger partial charge >= 0.3 is 5.97 Å². The zero-order valence-electron chi connectivity index (χ0n) is 8.77. The highest BCUT2D eigenvalue weighted by Gasteiger charge is 2.17. The van der Waals surface area contributed by atoms with Crippen LogP contribution in [0.4, 0.5) is 0 Å². The van der Waals surface area contributed by atoms with Crippen molar-refractivity contribution in [3.05, 3.63) is 12.2 Å². The van der Waals surface area contributed by atoms with E-state index >= 15 is 0 Å². The predicted molar refractivity (Wildman–Crippen MR) is 59.7 cm³/mol. The SMILES string of the molecule is C/C=C/C(=O)OCCN1CCSCC1=O. The fraction of sp³-hybridized carbons (Fsp3) is 0.600. The van der Waals surface area contributed by atoms with Crippen LogP contribution in [0.2, 0.25) is 0 Å². The monoisotopic (exact) mass is 229 g/mol. The maximum Gasteiger partial charge on any atom is 0.330 e. The third kappa shape index (κ3) is 4.38. The highest BCUT2D eigenvalue weighted by Crippen LogP contribution is 2.09. The van der Waals surface area contributed by atoms with E-state index in [0.717, 1.165) is 12.3 Å². The third-order valence-corrected chi connectivity index (χ3v) is 2.91. The lowest BCUT2D eigenvalue weighted by Gasteiger charge is -2.25. The molecule has 0 aromatic carbocycles. The molecule has 0 unspecified atom stereocenters. The lowest BCUT2D eigenvalue weighted by Crippen LogP contribution is -2.40. The van der Waals surface area contributed by atoms with E-state index < -0.39 is 0 Å². The van der Waals surface area contributed by atoms with Gasteiger partial charge in [-0.15, -0.1) is 0 Å². The minimum atomic E-state index is -0.351. The second kappa shape index (κ2) is 6.50. The molecule has 0 aromatic rings. The highest BCUT2D eigenvalue weighted by atomic mass is 32.2. The first-order valence-electron chi connectivity index (χ1n) is 4.89. The summed E-state index contributed by atoms with van der Waals surface area (Å²) in [5, 5.41) is 0. The van der Waals surface area contributed by atoms with Crippen LogP contribution in [-0.2, 0) is 14.3 Å². The molecule has 1 heterocycles. The van der Waals surface area contributed by atoms with E-state index in [2.05, 4.69) is 0 Å². The molecule has 84 valence electrons. The molecule has 4 nitrogen and oxygen atoms in total. The minimum Gasteiger partial charge on any atom is -0.461 e. The van der Waals surface area contributed by atoms with Gasteiger partial charge in [-0.1, -0.05) is 6.08 Å². The summed E-state index contributed by atoms with van der Waals surface area (Å²) in [5.74, 6) is 1.29. The van der Waals surface area contributed by atoms with Crippen LogP contribution in [-0.4, -0.2) is 48.0 Å². The van der Waals surface area contributed by atoms with Crippen LogP contribution in [0.1, 0.15) is 6.92 Å². The van der Waals surface area contributed by atoms with Gasteiger partial charge in [-0.2, -0.15) is 11.8 Å². The van der Waals surface area contributed by atoms with Gasteiger partial charge in [0.25, 0.3) is 0 Å². The van der Waals surface area contributed by atoms with Crippen molar-refractivity contribution in [1.29, 1.82) is 0 Å². The Morgan fingerprint density at radius 1 is 1.67 bits per heavy atom. The Morgan fingerprint density at radius 3 is 3.13 bits per heavy atom. The van der Waals surface area contributed by atoms with Crippen LogP contribution in [0.15, 0.2) is 12.2 Å². The van der Waals surface area contributed by atoms with Crippen molar-refractivity contribution < 1.29 is 14.3 Å². The second-order valence-electron chi connectivity index (χ2n) is 3.10. The van der Waals surface area contributed by atoms with Crippen molar-refractivity contribution in [2.45, 2.75) is 6.92 Å². The highest BCUT2D eigenvalue weighted by molar-refractivity contribution is 8.00. The Labute approximate surface area is 93.6 Å². The fourth-order valence-electron chi connectivity index (χ4n) is 1.23. The van der Waals surface area contributed by atoms with Crippen molar-refractivity contribution in [3.8, 4) is 0 Å². The number of allylic oxidation sites excluding steroid dienone is 1. The summed E-state index contributed by atoms with van der Waals surface area (Å²) in [6, 6.07) is 0. The summed E-state index contributed by atoms with van der Waals surface area (Å²) in [4.78, 5) is 24.0. The van der Waals surface area contributed by atoms with E-state index in [4.69, 9.17) is 4.74 Å². The fourth-order valence-corrected chi connectivity index (χ4v) is 2.08. The van der Waals surface area contributed by atoms with Gasteiger partial charge in [-0.25, -0.2) is 4.79 Å². The average molecular weight is 229 g/mol. The first-order valence-corrected chi connectivity index (χ1v) is 6.04. The van der Waals surface area contributed by atoms with Crippen LogP contribution < -0.4 is 0 Å². The number of thioether (sulfide) groups is 1. The van der Waals surface area contributed by atoms with Crippen LogP contribution in [0.5, 0.6) is 0 Å². The third-order valence-electron chi connectivity index (χ3n) is 1.99. The maximum atomic E-state index is 11.3. The smallest absolute Gasteiger partial charge is 0.330 e. The standard InChI is InChI=1S/C10H15NO3S/c1-2-3-10(13)14-6-4-11-5-7-15-8-9(11)12/h2-3H,4-8H2,1H3/b3-2+. The number of carbonyl (C=O) groups is 2. The molecule has 0 saturated carbocycles. The number of nitrogens with zero attached hydrogens (tertiary/aromatic N) is 1. The second-order valence-corrected chi connectivity index (χ2v) is 4.21. The Hall–Kier alpha value is -0.970. The summed E-state index contributed by atoms with van der Waals surface area (Å²) < 4.78 is 4.91. The summed E-state index contributed by atoms with van der Waals surface area (Å²) in [6.45, 7) is 3.29. The van der Waals surface area contributed by atoms with Crippen LogP contribution in [0.3, 0.4) is 0 Å². The Morgan fingerprint density at radius 2 is 2.47 bits per heavy atom. The van der Waals surface area contributed by atoms with Gasteiger partial charge in [-0.05, 0) is 6.92 Å². The number of rotatable bonds is 4. The normalized spacial score (nSPS) is 17.1. The molecular formula is C10H15NO3S. The minimum absolute atomic E-state index is 0.133. The van der Waals surface area contributed by atoms with Gasteiger partial charge in [0.1, 0.15) is 6.61 Å². The molecule has 15 heavy (non-hydrogen) atoms. The van der Waals surface area contributed by atoms with Crippen LogP contribution in [0.25, 0.3) is 0 Å². The Bertz CT molecular complexity index is 265. The number of hydrogen-bond acceptors (Lipinski definition) is 4. The zero-order valence-corrected chi connectivity index (χ0v) is 9.59. The molecule has 1 aliphatic heterocycles. The molecule has 1 rings (SSSR count). The van der Waals surface area contributed by atoms with E-state index in [0.29, 0.717) is 12.3 Å². The quantitative estimate of drug-likeness (QED) is 0.525. The summed E-state index contributed by atoms with van der Waals surface area (Å²) in [5.41, 5.74) is 0. The topological polar surface area (TPSA) is 46.6 Å². The van der Waals surface area contributed by atoms with Crippen molar-refractivity contribution in [3.63, 3.8) is 0 Å². The first-order chi connectivity index (χ1) is 7.24. The summed E-state index contributed by atoms with van der Waals surface area (Å²) in [6.07, 6.45) is 3.00. The number of carbonyl (C=O) groups excluding carboxylic acids is 2. The summed E-state index contributed by atoms with van der Waals surface area (Å²) >= 11 is 1.64. The van der Waals surface area contributed by atoms with Gasteiger partial charge in [0.05, 0.1) is 12.3 Å². The molecule has 0 atom stereocenters. The molecule has 0 spiro atoms. The van der Waals surface area contributed by atoms with Crippen molar-refractivity contribution in [1.82, 2.24) is 4.90 Å². The zero-order chi connectivity index (χ0) is 11.1. The molecule has 1 saturated heterocycles. The van der Waals surface area contributed by atoms with E-state index in [-0.39, 0.29) is 18.5 Å². The van der Waals surface area contributed by atoms with E-state index in [1.165, 1.54) is 6.08 Å². The van der Waals surface area contributed by atoms with Crippen molar-refractivity contribution in [2.75, 3.05) is 31.2 Å². The number of amides is 1. The predicted octanol–water partition coefficient (Wildman–Crippen LogP) is 0.681. The maximum absolute atomic E-state index is 11.3. The van der Waals surface area contributed by atoms with Gasteiger partial charge in [0.15, 0.2) is 0 Å². The molecular weight excluding hydrogens is 214 g/mol. The first kappa shape index (κ1) is 12.1. The number of esters is 1. The van der Waals surface area contributed by atoms with Crippen molar-refractivity contribution in [2.24, 2.45) is 0 Å². The number of hydrogen-bond donors (Lipinski definition) is 0. The van der Waals surface area contributed by atoms with Crippen molar-refractivity contribution >= 4 is 23.6 Å². The van der Waals surface area contributed by atoms with Gasteiger partial charge in [-0.3, -0.25) is 4.79 Å². The van der Waals surface area contributed by atoms with Gasteiger partial charge < -0.3 is 9.64 Å². The van der Waals surface area contributed by atoms with E-state index in [1.807, 2.05) is 0 Å². The lowest BCUT2D eigenvalue weighted by atomic mass is 10.4. The van der Waals surface area contributed by atoms with Crippen LogP contribution in [0, 0.1) is 0 Å². The molecule has 5 heteroatoms. The lowest BCUT2D eigenvalue weighted by molar-refractivity contribution is -0.140. The molecule has 0 aromatic heterocycles. The Kier molecular flexibility index (Phi) is 5.25. The molecule has 0 aliphatic carbocycles. The van der Waals surface area contributed by atoms with Gasteiger partial charge in [0.2, 0.25) is 5.91 Å². The molecule has 0 bridgehead atoms. The van der Waals surface area contributed by atoms with E-state index in [9.17, 15) is 9.59 Å². The Balaban J connectivity index is 2.19. The molecule has 0 N–H and O–H groups in total. The summed E-state index contributed by atoms with van der Waals surface area (Å²) in [7, 11) is 0. The largest absolute Gasteiger partial charge is 0.461 e. The van der Waals surface area contributed by atoms with Gasteiger partial charge in [0, 0.05) is 18.4 Å². The molecule has 1 aliphatic rings. The number of ether oxygens (including phenoxy) is 1. The molecule has 0 radical (unpaired) electrons. The molecule has 1 fully saturated rings. The average Bonchev–Trinajstić information content (AvgIpc) is 2.21. The molecule has 1 amide bonds. The van der Waals surface area contributed by atoms with Crippen LogP contribution >= 0.6 is 11.8 Å².